The molecule has 0 radical (unpaired) electrons. The van der Waals surface area contributed by atoms with Crippen LogP contribution in [0.1, 0.15) is 47.0 Å². The van der Waals surface area contributed by atoms with Crippen molar-refractivity contribution in [2.75, 3.05) is 10.6 Å². The monoisotopic (exact) mass is 496 g/mol. The van der Waals surface area contributed by atoms with Gasteiger partial charge in [-0.25, -0.2) is 14.0 Å². The number of amides is 2. The van der Waals surface area contributed by atoms with Crippen molar-refractivity contribution in [3.8, 4) is 0 Å². The summed E-state index contributed by atoms with van der Waals surface area (Å²) >= 11 is 0. The van der Waals surface area contributed by atoms with Crippen LogP contribution in [-0.4, -0.2) is 23.8 Å². The molecule has 8 heteroatoms. The van der Waals surface area contributed by atoms with Crippen LogP contribution in [-0.2, 0) is 4.74 Å². The number of nitrogens with one attached hydrogen (secondary N) is 2. The van der Waals surface area contributed by atoms with Crippen LogP contribution in [0.4, 0.5) is 15.8 Å². The molecule has 0 fully saturated rings. The van der Waals surface area contributed by atoms with E-state index in [1.54, 1.807) is 30.3 Å². The lowest BCUT2D eigenvalue weighted by atomic mass is 10.1. The Morgan fingerprint density at radius 2 is 1.16 bits per heavy atom. The highest BCUT2D eigenvalue weighted by Gasteiger charge is 2.16. The second-order valence-electron chi connectivity index (χ2n) is 8.12. The molecule has 2 amide bonds. The minimum atomic E-state index is -0.889. The molecule has 0 aliphatic carbocycles. The molecule has 0 spiro atoms. The van der Waals surface area contributed by atoms with E-state index in [9.17, 15) is 23.6 Å². The van der Waals surface area contributed by atoms with Gasteiger partial charge in [0.1, 0.15) is 5.82 Å². The van der Waals surface area contributed by atoms with E-state index >= 15 is 0 Å². The zero-order valence-electron chi connectivity index (χ0n) is 19.7. The molecule has 4 rings (SSSR count). The van der Waals surface area contributed by atoms with E-state index in [-0.39, 0.29) is 22.6 Å². The van der Waals surface area contributed by atoms with Gasteiger partial charge in [0.05, 0.1) is 11.1 Å². The second kappa shape index (κ2) is 11.1. The topological polar surface area (TPSA) is 102 Å². The van der Waals surface area contributed by atoms with Gasteiger partial charge in [-0.1, -0.05) is 29.8 Å². The van der Waals surface area contributed by atoms with Crippen molar-refractivity contribution in [2.24, 2.45) is 0 Å². The van der Waals surface area contributed by atoms with E-state index in [0.29, 0.717) is 16.9 Å². The Bertz CT molecular complexity index is 1500. The summed E-state index contributed by atoms with van der Waals surface area (Å²) in [5, 5.41) is 5.31. The Kier molecular flexibility index (Phi) is 7.49. The summed E-state index contributed by atoms with van der Waals surface area (Å²) < 4.78 is 18.3. The third-order valence-electron chi connectivity index (χ3n) is 5.29. The molecule has 0 atom stereocenters. The molecule has 0 bridgehead atoms. The molecular formula is C29H21FN2O5. The van der Waals surface area contributed by atoms with Gasteiger partial charge < -0.3 is 15.4 Å². The first-order valence-electron chi connectivity index (χ1n) is 11.2. The Morgan fingerprint density at radius 1 is 0.595 bits per heavy atom. The Labute approximate surface area is 211 Å². The molecule has 4 aromatic rings. The molecule has 2 N–H and O–H groups in total. The first-order valence-corrected chi connectivity index (χ1v) is 11.2. The molecule has 7 nitrogen and oxygen atoms in total. The summed E-state index contributed by atoms with van der Waals surface area (Å²) in [6, 6.07) is 24.0. The van der Waals surface area contributed by atoms with Crippen LogP contribution in [0.15, 0.2) is 97.1 Å². The number of benzene rings is 4. The minimum Gasteiger partial charge on any atom is -0.386 e. The molecule has 184 valence electrons. The van der Waals surface area contributed by atoms with Gasteiger partial charge in [-0.3, -0.25) is 9.59 Å². The normalized spacial score (nSPS) is 10.3. The molecule has 0 heterocycles. The zero-order valence-corrected chi connectivity index (χ0v) is 19.7. The molecular weight excluding hydrogens is 475 g/mol. The van der Waals surface area contributed by atoms with Crippen molar-refractivity contribution in [3.63, 3.8) is 0 Å². The van der Waals surface area contributed by atoms with E-state index in [4.69, 9.17) is 4.74 Å². The SMILES string of the molecule is Cc1cccc(C(=O)Nc2cccc(C(=O)OC(=O)c3ccc(NC(=O)c4cccc(F)c4)cc3)c2)c1. The predicted octanol–water partition coefficient (Wildman–Crippen LogP) is 5.64. The fraction of sp³-hybridized carbons (Fsp3) is 0.0345. The summed E-state index contributed by atoms with van der Waals surface area (Å²) in [4.78, 5) is 49.7. The largest absolute Gasteiger partial charge is 0.386 e. The van der Waals surface area contributed by atoms with Crippen LogP contribution < -0.4 is 10.6 Å². The maximum atomic E-state index is 13.3. The highest BCUT2D eigenvalue weighted by Crippen LogP contribution is 2.16. The van der Waals surface area contributed by atoms with Crippen molar-refractivity contribution >= 4 is 35.1 Å². The fourth-order valence-electron chi connectivity index (χ4n) is 3.44. The van der Waals surface area contributed by atoms with Crippen LogP contribution in [0, 0.1) is 12.7 Å². The van der Waals surface area contributed by atoms with Crippen LogP contribution >= 0.6 is 0 Å². The summed E-state index contributed by atoms with van der Waals surface area (Å²) in [5.74, 6) is -3.16. The van der Waals surface area contributed by atoms with Gasteiger partial charge in [-0.15, -0.1) is 0 Å². The molecule has 0 aromatic heterocycles. The predicted molar refractivity (Wildman–Crippen MR) is 136 cm³/mol. The lowest BCUT2D eigenvalue weighted by Gasteiger charge is -2.09. The number of hydrogen-bond donors (Lipinski definition) is 2. The second-order valence-corrected chi connectivity index (χ2v) is 8.12. The van der Waals surface area contributed by atoms with Crippen molar-refractivity contribution < 1.29 is 28.3 Å². The van der Waals surface area contributed by atoms with Gasteiger partial charge in [0.15, 0.2) is 0 Å². The number of carbonyl (C=O) groups is 4. The van der Waals surface area contributed by atoms with E-state index < -0.39 is 23.7 Å². The number of rotatable bonds is 6. The Morgan fingerprint density at radius 3 is 1.84 bits per heavy atom. The lowest BCUT2D eigenvalue weighted by molar-refractivity contribution is 0.0397. The lowest BCUT2D eigenvalue weighted by Crippen LogP contribution is -2.15. The first-order chi connectivity index (χ1) is 17.8. The maximum Gasteiger partial charge on any atom is 0.346 e. The summed E-state index contributed by atoms with van der Waals surface area (Å²) in [7, 11) is 0. The zero-order chi connectivity index (χ0) is 26.4. The highest BCUT2D eigenvalue weighted by molar-refractivity contribution is 6.07. The molecule has 0 unspecified atom stereocenters. The number of aryl methyl sites for hydroxylation is 1. The molecule has 0 aliphatic rings. The van der Waals surface area contributed by atoms with Crippen molar-refractivity contribution in [1.29, 1.82) is 0 Å². The summed E-state index contributed by atoms with van der Waals surface area (Å²) in [5.41, 5.74) is 2.45. The van der Waals surface area contributed by atoms with Gasteiger partial charge in [0, 0.05) is 22.5 Å². The Balaban J connectivity index is 1.37. The highest BCUT2D eigenvalue weighted by atomic mass is 19.1. The Hall–Kier alpha value is -5.11. The number of hydrogen-bond acceptors (Lipinski definition) is 5. The standard InChI is InChI=1S/C29H21FN2O5/c1-18-5-2-6-20(15-18)26(33)32-25-10-4-8-22(17-25)29(36)37-28(35)19-11-13-24(14-12-19)31-27(34)21-7-3-9-23(30)16-21/h2-17H,1H3,(H,31,34)(H,32,33). The van der Waals surface area contributed by atoms with E-state index in [0.717, 1.165) is 11.6 Å². The molecule has 0 aliphatic heterocycles. The van der Waals surface area contributed by atoms with E-state index in [1.807, 2.05) is 13.0 Å². The smallest absolute Gasteiger partial charge is 0.346 e. The first kappa shape index (κ1) is 25.0. The minimum absolute atomic E-state index is 0.0781. The summed E-state index contributed by atoms with van der Waals surface area (Å²) in [6.45, 7) is 1.88. The van der Waals surface area contributed by atoms with E-state index in [1.165, 1.54) is 54.6 Å². The maximum absolute atomic E-state index is 13.3. The van der Waals surface area contributed by atoms with Gasteiger partial charge in [0.2, 0.25) is 0 Å². The number of esters is 2. The van der Waals surface area contributed by atoms with Crippen LogP contribution in [0.5, 0.6) is 0 Å². The third-order valence-corrected chi connectivity index (χ3v) is 5.29. The fourth-order valence-corrected chi connectivity index (χ4v) is 3.44. The van der Waals surface area contributed by atoms with E-state index in [2.05, 4.69) is 10.6 Å². The van der Waals surface area contributed by atoms with Crippen LogP contribution in [0.25, 0.3) is 0 Å². The average molecular weight is 496 g/mol. The number of anilines is 2. The van der Waals surface area contributed by atoms with Gasteiger partial charge in [-0.05, 0) is 79.7 Å². The average Bonchev–Trinajstić information content (AvgIpc) is 2.89. The summed E-state index contributed by atoms with van der Waals surface area (Å²) in [6.07, 6.45) is 0. The molecule has 0 saturated carbocycles. The third kappa shape index (κ3) is 6.52. The quantitative estimate of drug-likeness (QED) is 0.266. The van der Waals surface area contributed by atoms with Crippen molar-refractivity contribution in [3.05, 3.63) is 131 Å². The molecule has 0 saturated heterocycles. The number of halogens is 1. The number of carbonyl (C=O) groups excluding carboxylic acids is 4. The molecule has 37 heavy (non-hydrogen) atoms. The van der Waals surface area contributed by atoms with Crippen LogP contribution in [0.2, 0.25) is 0 Å². The van der Waals surface area contributed by atoms with Gasteiger partial charge >= 0.3 is 11.9 Å². The van der Waals surface area contributed by atoms with Gasteiger partial charge in [-0.2, -0.15) is 0 Å². The van der Waals surface area contributed by atoms with Crippen molar-refractivity contribution in [1.82, 2.24) is 0 Å². The van der Waals surface area contributed by atoms with Crippen molar-refractivity contribution in [2.45, 2.75) is 6.92 Å². The van der Waals surface area contributed by atoms with Gasteiger partial charge in [0.25, 0.3) is 11.8 Å². The van der Waals surface area contributed by atoms with Crippen LogP contribution in [0.3, 0.4) is 0 Å². The number of ether oxygens (including phenoxy) is 1. The molecule has 4 aromatic carbocycles.